The number of sulfone groups is 2. The lowest BCUT2D eigenvalue weighted by Crippen LogP contribution is -2.13. The van der Waals surface area contributed by atoms with Crippen molar-refractivity contribution in [1.29, 1.82) is 0 Å². The van der Waals surface area contributed by atoms with E-state index in [0.29, 0.717) is 77.9 Å². The number of primary sulfonamides is 2. The summed E-state index contributed by atoms with van der Waals surface area (Å²) in [7, 11) is -8.83. The molecule has 27 nitrogen and oxygen atoms in total. The van der Waals surface area contributed by atoms with Crippen LogP contribution in [-0.4, -0.2) is 112 Å². The van der Waals surface area contributed by atoms with Crippen molar-refractivity contribution in [1.82, 2.24) is 20.6 Å². The van der Waals surface area contributed by atoms with Crippen LogP contribution in [0.2, 0.25) is 9.36 Å². The average Bonchev–Trinajstić information content (AvgIpc) is 1.23. The smallest absolute Gasteiger partial charge is 0.249 e. The molecule has 0 saturated carbocycles. The van der Waals surface area contributed by atoms with Crippen molar-refractivity contribution in [2.45, 2.75) is 102 Å². The number of nitrogens with one attached hydrogen (secondary N) is 1. The van der Waals surface area contributed by atoms with Crippen molar-refractivity contribution >= 4 is 126 Å². The van der Waals surface area contributed by atoms with Crippen LogP contribution in [0, 0.1) is 76.2 Å². The number of hydrogen-bond acceptors (Lipinski definition) is 22. The molecule has 0 fully saturated rings. The largest absolute Gasteiger partial charge is 0.497 e. The zero-order valence-corrected chi connectivity index (χ0v) is 75.4. The molecule has 15 N–H and O–H groups in total. The van der Waals surface area contributed by atoms with E-state index < -0.39 is 45.6 Å². The van der Waals surface area contributed by atoms with Crippen molar-refractivity contribution in [3.8, 4) is 17.2 Å². The Balaban J connectivity index is 0.000000345. The lowest BCUT2D eigenvalue weighted by molar-refractivity contribution is -0.119. The van der Waals surface area contributed by atoms with E-state index in [1.807, 2.05) is 146 Å². The van der Waals surface area contributed by atoms with Gasteiger partial charge < -0.3 is 42.9 Å². The fourth-order valence-electron chi connectivity index (χ4n) is 10.1. The van der Waals surface area contributed by atoms with Gasteiger partial charge in [0.25, 0.3) is 0 Å². The number of nitrogens with zero attached hydrogens (tertiary/aromatic N) is 4. The van der Waals surface area contributed by atoms with Gasteiger partial charge in [0.1, 0.15) is 17.2 Å². The predicted molar refractivity (Wildman–Crippen MR) is 484 cm³/mol. The highest BCUT2D eigenvalue weighted by atomic mass is 35.5. The van der Waals surface area contributed by atoms with Gasteiger partial charge in [-0.05, 0) is 206 Å². The van der Waals surface area contributed by atoms with Crippen LogP contribution in [-0.2, 0) is 44.5 Å². The monoisotopic (exact) mass is 1780 g/mol. The molecule has 0 aliphatic carbocycles. The minimum atomic E-state index is -3.65. The van der Waals surface area contributed by atoms with Crippen LogP contribution in [0.25, 0.3) is 10.8 Å². The third-order valence-corrected chi connectivity index (χ3v) is 22.4. The molecule has 12 aromatic rings. The van der Waals surface area contributed by atoms with Crippen molar-refractivity contribution in [3.05, 3.63) is 317 Å². The first-order valence-electron chi connectivity index (χ1n) is 36.0. The number of nitrogens with two attached hydrogens (primary N) is 7. The summed E-state index contributed by atoms with van der Waals surface area (Å²) in [6, 6.07) is 64.4. The van der Waals surface area contributed by atoms with Crippen molar-refractivity contribution in [2.24, 2.45) is 32.6 Å². The molecule has 13 rings (SSSR count). The molecule has 3 aromatic heterocycles. The highest BCUT2D eigenvalue weighted by molar-refractivity contribution is 7.91. The number of benzene rings is 9. The fourth-order valence-corrected chi connectivity index (χ4v) is 14.8. The predicted octanol–water partition coefficient (Wildman–Crippen LogP) is 14.5. The molecule has 9 aromatic carbocycles. The number of pyridine rings is 1. The number of amides is 4. The second-order valence-electron chi connectivity index (χ2n) is 26.5. The second-order valence-corrected chi connectivity index (χ2v) is 35.9. The number of ether oxygens (including phenoxy) is 3. The number of carbonyl (C=O) groups is 4. The van der Waals surface area contributed by atoms with Crippen molar-refractivity contribution in [3.63, 3.8) is 0 Å². The quantitative estimate of drug-likeness (QED) is 0.0596. The molecule has 0 atom stereocenters. The Hall–Kier alpha value is -12.0. The number of hydrazone groups is 1. The maximum absolute atomic E-state index is 11.3. The fraction of sp³-hybridized carbons (Fsp3) is 0.195. The van der Waals surface area contributed by atoms with E-state index in [1.54, 1.807) is 155 Å². The molecule has 644 valence electrons. The van der Waals surface area contributed by atoms with Crippen LogP contribution in [0.1, 0.15) is 104 Å². The molecule has 4 heterocycles. The van der Waals surface area contributed by atoms with Crippen LogP contribution in [0.3, 0.4) is 0 Å². The van der Waals surface area contributed by atoms with Gasteiger partial charge >= 0.3 is 0 Å². The number of rotatable bonds is 11. The Kier molecular flexibility index (Phi) is 42.3. The number of anilines is 2. The van der Waals surface area contributed by atoms with Gasteiger partial charge in [-0.15, -0.1) is 21.5 Å². The minimum absolute atomic E-state index is 0.0310. The van der Waals surface area contributed by atoms with E-state index in [-0.39, 0.29) is 27.5 Å². The van der Waals surface area contributed by atoms with Crippen LogP contribution in [0.4, 0.5) is 11.6 Å². The van der Waals surface area contributed by atoms with Crippen LogP contribution in [0.5, 0.6) is 17.2 Å². The number of aryl methyl sites for hydroxylation is 11. The Bertz CT molecular complexity index is 5850. The lowest BCUT2D eigenvalue weighted by Gasteiger charge is -2.05. The summed E-state index contributed by atoms with van der Waals surface area (Å²) >= 11 is 12.7. The SMILES string of the molecule is COc1ccc(C)c(C(N)=O)c1.COc1ccc(C)c(S(C)(=O)=O)c1.COc1ccc(C)c(S(N)(=O)=O)c1.Cc1ccc(Cl)cn1.Cc1ccc(Cl)s1.Cc1ccc2c(N)nnc(N)c2c1.Cc1cccc(C(N)=O)c1.Cc1cccc(C2=NNC(=O)C2)c1.Cc1ccccc1C(N)=O.Cc1ccccc1S(C)(=O)=O.Cc1ccccc1S(N)(=O)=O. The molecule has 4 amide bonds. The normalized spacial score (nSPS) is 10.9. The van der Waals surface area contributed by atoms with Gasteiger partial charge in [0.15, 0.2) is 31.3 Å². The van der Waals surface area contributed by atoms with E-state index in [4.69, 9.17) is 76.4 Å². The van der Waals surface area contributed by atoms with Gasteiger partial charge in [0.2, 0.25) is 43.7 Å². The first-order chi connectivity index (χ1) is 56.5. The molecule has 1 aliphatic heterocycles. The standard InChI is InChI=1S/C10H10N2O.C9H10N4.C9H11NO2.C9H12O3S.C8H11NO3S.2C8H9NO.C8H10O2S.C7H9NO2S.C6H6ClN.C5H5ClS/c1-7-3-2-4-8(5-7)9-6-10(13)12-11-9;1-5-2-3-6-7(4-5)9(11)13-12-8(6)10;1-6-3-4-7(12-2)5-8(6)9(10)11;1-7-4-5-8(12-2)6-9(7)13(3,10)11;1-6-3-4-7(12-2)5-8(6)13(9,10)11;1-6-3-2-4-7(5-6)8(9)10;1-6-4-2-3-5-7(6)8(9)10;1-7-5-3-4-6-8(7)11(2,9)10;1-6-4-2-3-5-7(6)11(8,9)10;1-5-2-3-6(7)4-8-5;1-4-2-3-5(6)7-4/h2-5H,6H2,1H3,(H,12,13);2-4H,1H3,(H2,10,12)(H2,11,13);3-5H,1-2H3,(H2,10,11);4-6H,1-3H3;3-5H,1-2H3,(H2,9,10,11);2*2-5H,1H3,(H2,9,10);3-6H,1-2H3;2-5H,1H3,(H2,8,9,10);2-4H,1H3;2-3H,1H3. The zero-order chi connectivity index (χ0) is 91.3. The van der Waals surface area contributed by atoms with Gasteiger partial charge in [-0.1, -0.05) is 161 Å². The summed E-state index contributed by atoms with van der Waals surface area (Å²) in [5.41, 5.74) is 41.5. The first-order valence-corrected chi connectivity index (χ1v) is 44.5. The number of thiophene rings is 1. The van der Waals surface area contributed by atoms with E-state index >= 15 is 0 Å². The van der Waals surface area contributed by atoms with Crippen LogP contribution >= 0.6 is 34.5 Å². The topological polar surface area (TPSA) is 478 Å². The Morgan fingerprint density at radius 1 is 0.430 bits per heavy atom. The summed E-state index contributed by atoms with van der Waals surface area (Å²) in [6.07, 6.45) is 4.43. The zero-order valence-electron chi connectivity index (χ0n) is 69.8. The second kappa shape index (κ2) is 49.5. The summed E-state index contributed by atoms with van der Waals surface area (Å²) in [5, 5.41) is 23.8. The molecule has 1 aliphatic rings. The van der Waals surface area contributed by atoms with Gasteiger partial charge in [-0.3, -0.25) is 24.2 Å². The molecule has 0 radical (unpaired) electrons. The third-order valence-electron chi connectivity index (χ3n) is 16.4. The Morgan fingerprint density at radius 2 is 0.876 bits per heavy atom. The van der Waals surface area contributed by atoms with E-state index in [0.717, 1.165) is 65.5 Å². The van der Waals surface area contributed by atoms with Crippen molar-refractivity contribution in [2.75, 3.05) is 45.3 Å². The first kappa shape index (κ1) is 103. The van der Waals surface area contributed by atoms with Gasteiger partial charge in [0, 0.05) is 62.8 Å². The maximum Gasteiger partial charge on any atom is 0.249 e. The Morgan fingerprint density at radius 3 is 1.26 bits per heavy atom. The molecule has 34 heteroatoms. The molecule has 0 unspecified atom stereocenters. The molecular formula is C87H102Cl2N12O15S5. The number of primary amides is 3. The lowest BCUT2D eigenvalue weighted by atomic mass is 10.1. The van der Waals surface area contributed by atoms with Gasteiger partial charge in [0.05, 0.1) is 62.4 Å². The average molecular weight is 1790 g/mol. The number of aromatic nitrogens is 3. The molecule has 0 spiro atoms. The number of methoxy groups -OCH3 is 3. The summed E-state index contributed by atoms with van der Waals surface area (Å²) in [5.74, 6) is 1.34. The van der Waals surface area contributed by atoms with E-state index in [9.17, 15) is 52.8 Å². The summed E-state index contributed by atoms with van der Waals surface area (Å²) < 4.78 is 104. The molecule has 121 heavy (non-hydrogen) atoms. The summed E-state index contributed by atoms with van der Waals surface area (Å²) in [6.45, 7) is 20.5. The van der Waals surface area contributed by atoms with Crippen LogP contribution in [0.15, 0.2) is 249 Å². The van der Waals surface area contributed by atoms with Crippen LogP contribution < -0.4 is 58.6 Å². The third kappa shape index (κ3) is 37.5. The molecule has 0 bridgehead atoms. The number of nitrogen functional groups attached to an aromatic ring is 2. The number of halogens is 2. The van der Waals surface area contributed by atoms with Gasteiger partial charge in [-0.25, -0.2) is 49.4 Å². The minimum Gasteiger partial charge on any atom is -0.497 e. The number of fused-ring (bicyclic) bond motifs is 1. The highest BCUT2D eigenvalue weighted by Crippen LogP contribution is 2.26. The summed E-state index contributed by atoms with van der Waals surface area (Å²) in [4.78, 5) is 49.2. The van der Waals surface area contributed by atoms with E-state index in [1.165, 1.54) is 55.4 Å². The molecular weight excluding hydrogens is 1680 g/mol. The van der Waals surface area contributed by atoms with Gasteiger partial charge in [-0.2, -0.15) is 5.10 Å². The van der Waals surface area contributed by atoms with E-state index in [2.05, 4.69) is 25.7 Å². The number of carbonyl (C=O) groups excluding carboxylic acids is 4. The molecule has 0 saturated heterocycles. The number of sulfonamides is 2. The van der Waals surface area contributed by atoms with Crippen molar-refractivity contribution < 1.29 is 67.1 Å². The Labute approximate surface area is 722 Å². The highest BCUT2D eigenvalue weighted by Gasteiger charge is 2.17. The maximum atomic E-state index is 11.3. The number of hydrogen-bond donors (Lipinski definition) is 8.